The predicted octanol–water partition coefficient (Wildman–Crippen LogP) is 2.42. The van der Waals surface area contributed by atoms with Crippen molar-refractivity contribution in [3.05, 3.63) is 0 Å². The molecule has 1 fully saturated rings. The van der Waals surface area contributed by atoms with Gasteiger partial charge in [0.2, 0.25) is 0 Å². The molecule has 14 heavy (non-hydrogen) atoms. The van der Waals surface area contributed by atoms with E-state index in [-0.39, 0.29) is 0 Å². The van der Waals surface area contributed by atoms with E-state index in [1.807, 2.05) is 0 Å². The van der Waals surface area contributed by atoms with Gasteiger partial charge in [-0.15, -0.1) is 0 Å². The second kappa shape index (κ2) is 6.41. The summed E-state index contributed by atoms with van der Waals surface area (Å²) in [7, 11) is 0. The molecule has 1 rings (SSSR count). The summed E-state index contributed by atoms with van der Waals surface area (Å²) in [6.45, 7) is 4.57. The van der Waals surface area contributed by atoms with Crippen LogP contribution in [0.15, 0.2) is 0 Å². The minimum atomic E-state index is 0.471. The molecule has 0 aromatic carbocycles. The molecule has 0 spiro atoms. The van der Waals surface area contributed by atoms with E-state index >= 15 is 0 Å². The lowest BCUT2D eigenvalue weighted by atomic mass is 9.91. The van der Waals surface area contributed by atoms with Crippen molar-refractivity contribution in [1.82, 2.24) is 5.32 Å². The Morgan fingerprint density at radius 2 is 1.93 bits per heavy atom. The molecule has 1 aliphatic carbocycles. The van der Waals surface area contributed by atoms with E-state index in [1.165, 1.54) is 44.9 Å². The Bertz CT molecular complexity index is 139. The van der Waals surface area contributed by atoms with Crippen LogP contribution in [0.2, 0.25) is 0 Å². The highest BCUT2D eigenvalue weighted by Gasteiger charge is 2.19. The summed E-state index contributed by atoms with van der Waals surface area (Å²) in [5.74, 6) is 0. The fourth-order valence-electron chi connectivity index (χ4n) is 2.28. The molecular weight excluding hydrogens is 172 g/mol. The maximum Gasteiger partial charge on any atom is 0.00706 e. The Morgan fingerprint density at radius 3 is 2.50 bits per heavy atom. The monoisotopic (exact) mass is 198 g/mol. The third-order valence-electron chi connectivity index (χ3n) is 3.28. The molecule has 0 bridgehead atoms. The van der Waals surface area contributed by atoms with Crippen LogP contribution in [0.5, 0.6) is 0 Å². The number of nitrogens with two attached hydrogens (primary N) is 1. The molecule has 0 heterocycles. The average molecular weight is 198 g/mol. The minimum absolute atomic E-state index is 0.471. The van der Waals surface area contributed by atoms with Crippen LogP contribution in [-0.4, -0.2) is 18.1 Å². The zero-order chi connectivity index (χ0) is 10.4. The zero-order valence-electron chi connectivity index (χ0n) is 9.76. The molecule has 0 aromatic rings. The molecule has 3 N–H and O–H groups in total. The Kier molecular flexibility index (Phi) is 5.49. The lowest BCUT2D eigenvalue weighted by Crippen LogP contribution is -2.41. The van der Waals surface area contributed by atoms with Gasteiger partial charge in [0.25, 0.3) is 0 Å². The summed E-state index contributed by atoms with van der Waals surface area (Å²) in [5, 5.41) is 3.72. The Labute approximate surface area is 88.6 Å². The summed E-state index contributed by atoms with van der Waals surface area (Å²) >= 11 is 0. The summed E-state index contributed by atoms with van der Waals surface area (Å²) < 4.78 is 0. The van der Waals surface area contributed by atoms with Gasteiger partial charge < -0.3 is 11.1 Å². The van der Waals surface area contributed by atoms with Gasteiger partial charge >= 0.3 is 0 Å². The number of rotatable bonds is 5. The van der Waals surface area contributed by atoms with Gasteiger partial charge in [0.1, 0.15) is 0 Å². The van der Waals surface area contributed by atoms with Crippen LogP contribution in [0, 0.1) is 0 Å². The van der Waals surface area contributed by atoms with Gasteiger partial charge in [0, 0.05) is 18.1 Å². The van der Waals surface area contributed by atoms with Crippen molar-refractivity contribution in [2.24, 2.45) is 5.73 Å². The van der Waals surface area contributed by atoms with Gasteiger partial charge in [0.15, 0.2) is 0 Å². The third kappa shape index (κ3) is 4.43. The number of unbranched alkanes of at least 4 members (excludes halogenated alkanes) is 1. The van der Waals surface area contributed by atoms with Crippen LogP contribution in [0.25, 0.3) is 0 Å². The van der Waals surface area contributed by atoms with Crippen LogP contribution in [0.1, 0.15) is 58.8 Å². The van der Waals surface area contributed by atoms with Crippen molar-refractivity contribution < 1.29 is 0 Å². The van der Waals surface area contributed by atoms with E-state index in [9.17, 15) is 0 Å². The molecule has 0 radical (unpaired) electrons. The van der Waals surface area contributed by atoms with Gasteiger partial charge in [-0.05, 0) is 39.0 Å². The molecular formula is C12H26N2. The van der Waals surface area contributed by atoms with E-state index in [0.29, 0.717) is 12.1 Å². The largest absolute Gasteiger partial charge is 0.328 e. The van der Waals surface area contributed by atoms with Crippen molar-refractivity contribution >= 4 is 0 Å². The summed E-state index contributed by atoms with van der Waals surface area (Å²) in [4.78, 5) is 0. The average Bonchev–Trinajstić information content (AvgIpc) is 2.18. The number of hydrogen-bond donors (Lipinski definition) is 2. The molecule has 0 aliphatic heterocycles. The van der Waals surface area contributed by atoms with Gasteiger partial charge in [0.05, 0.1) is 0 Å². The van der Waals surface area contributed by atoms with Crippen molar-refractivity contribution in [2.45, 2.75) is 76.9 Å². The van der Waals surface area contributed by atoms with Crippen molar-refractivity contribution in [2.75, 3.05) is 0 Å². The van der Waals surface area contributed by atoms with Crippen molar-refractivity contribution in [3.63, 3.8) is 0 Å². The first-order chi connectivity index (χ1) is 6.72. The van der Waals surface area contributed by atoms with Crippen LogP contribution in [0.4, 0.5) is 0 Å². The maximum absolute atomic E-state index is 5.88. The van der Waals surface area contributed by atoms with Gasteiger partial charge in [-0.25, -0.2) is 0 Å². The van der Waals surface area contributed by atoms with Gasteiger partial charge in [-0.1, -0.05) is 19.8 Å². The number of hydrogen-bond acceptors (Lipinski definition) is 2. The fourth-order valence-corrected chi connectivity index (χ4v) is 2.28. The molecule has 0 aromatic heterocycles. The molecule has 84 valence electrons. The lowest BCUT2D eigenvalue weighted by molar-refractivity contribution is 0.312. The third-order valence-corrected chi connectivity index (χ3v) is 3.28. The highest BCUT2D eigenvalue weighted by atomic mass is 14.9. The minimum Gasteiger partial charge on any atom is -0.328 e. The quantitative estimate of drug-likeness (QED) is 0.712. The van der Waals surface area contributed by atoms with Crippen LogP contribution in [-0.2, 0) is 0 Å². The molecule has 0 amide bonds. The molecule has 2 nitrogen and oxygen atoms in total. The normalized spacial score (nSPS) is 30.2. The second-order valence-electron chi connectivity index (χ2n) is 4.82. The topological polar surface area (TPSA) is 38.0 Å². The first-order valence-electron chi connectivity index (χ1n) is 6.24. The summed E-state index contributed by atoms with van der Waals surface area (Å²) in [6.07, 6.45) is 8.94. The standard InChI is InChI=1S/C12H26N2/c1-3-4-5-10(2)14-12-8-6-11(13)7-9-12/h10-12,14H,3-9,13H2,1-2H3. The van der Waals surface area contributed by atoms with Crippen LogP contribution in [0.3, 0.4) is 0 Å². The molecule has 1 unspecified atom stereocenters. The fraction of sp³-hybridized carbons (Fsp3) is 1.00. The molecule has 1 saturated carbocycles. The van der Waals surface area contributed by atoms with Gasteiger partial charge in [-0.3, -0.25) is 0 Å². The summed E-state index contributed by atoms with van der Waals surface area (Å²) in [6, 6.07) is 1.90. The maximum atomic E-state index is 5.88. The van der Waals surface area contributed by atoms with E-state index in [4.69, 9.17) is 5.73 Å². The highest BCUT2D eigenvalue weighted by molar-refractivity contribution is 4.80. The summed E-state index contributed by atoms with van der Waals surface area (Å²) in [5.41, 5.74) is 5.88. The van der Waals surface area contributed by atoms with E-state index in [1.54, 1.807) is 0 Å². The molecule has 2 heteroatoms. The van der Waals surface area contributed by atoms with Crippen LogP contribution < -0.4 is 11.1 Å². The van der Waals surface area contributed by atoms with E-state index in [2.05, 4.69) is 19.2 Å². The van der Waals surface area contributed by atoms with Crippen molar-refractivity contribution in [1.29, 1.82) is 0 Å². The molecule has 1 atom stereocenters. The Balaban J connectivity index is 2.10. The van der Waals surface area contributed by atoms with Crippen LogP contribution >= 0.6 is 0 Å². The van der Waals surface area contributed by atoms with Crippen molar-refractivity contribution in [3.8, 4) is 0 Å². The van der Waals surface area contributed by atoms with Gasteiger partial charge in [-0.2, -0.15) is 0 Å². The first kappa shape index (κ1) is 12.0. The first-order valence-corrected chi connectivity index (χ1v) is 6.24. The predicted molar refractivity (Wildman–Crippen MR) is 62.4 cm³/mol. The smallest absolute Gasteiger partial charge is 0.00706 e. The van der Waals surface area contributed by atoms with E-state index in [0.717, 1.165) is 6.04 Å². The SMILES string of the molecule is CCCCC(C)NC1CCC(N)CC1. The lowest BCUT2D eigenvalue weighted by Gasteiger charge is -2.29. The molecule has 1 aliphatic rings. The Hall–Kier alpha value is -0.0800. The Morgan fingerprint density at radius 1 is 1.29 bits per heavy atom. The van der Waals surface area contributed by atoms with E-state index < -0.39 is 0 Å². The zero-order valence-corrected chi connectivity index (χ0v) is 9.76. The second-order valence-corrected chi connectivity index (χ2v) is 4.82. The molecule has 0 saturated heterocycles. The highest BCUT2D eigenvalue weighted by Crippen LogP contribution is 2.17. The number of nitrogens with one attached hydrogen (secondary N) is 1.